The predicted molar refractivity (Wildman–Crippen MR) is 141 cm³/mol. The molecule has 1 saturated carbocycles. The SMILES string of the molecule is C/C=C(\C)C(OC(C)=O)C(C)C1=CC(=O)C2=C(OC3(C)CCC4OC(C(C)(C)O)CC(O)C4(C)C3=C2)C1O. The van der Waals surface area contributed by atoms with E-state index in [1.807, 2.05) is 40.7 Å². The van der Waals surface area contributed by atoms with Crippen LogP contribution in [0.1, 0.15) is 74.7 Å². The van der Waals surface area contributed by atoms with Crippen molar-refractivity contribution in [3.05, 3.63) is 46.3 Å². The van der Waals surface area contributed by atoms with E-state index in [2.05, 4.69) is 0 Å². The third-order valence-corrected chi connectivity index (χ3v) is 9.14. The van der Waals surface area contributed by atoms with Crippen LogP contribution in [0.5, 0.6) is 0 Å². The molecule has 0 aromatic rings. The molecule has 8 nitrogen and oxygen atoms in total. The normalized spacial score (nSPS) is 37.1. The summed E-state index contributed by atoms with van der Waals surface area (Å²) in [7, 11) is 0. The lowest BCUT2D eigenvalue weighted by atomic mass is 9.57. The molecule has 8 atom stereocenters. The lowest BCUT2D eigenvalue weighted by Gasteiger charge is -2.59. The van der Waals surface area contributed by atoms with E-state index >= 15 is 0 Å². The highest BCUT2D eigenvalue weighted by Gasteiger charge is 2.61. The summed E-state index contributed by atoms with van der Waals surface area (Å²) < 4.78 is 18.4. The molecule has 0 amide bonds. The molecule has 2 fully saturated rings. The molecule has 3 N–H and O–H groups in total. The van der Waals surface area contributed by atoms with Crippen molar-refractivity contribution in [2.45, 2.75) is 116 Å². The number of rotatable bonds is 5. The third-order valence-electron chi connectivity index (χ3n) is 9.14. The van der Waals surface area contributed by atoms with Gasteiger partial charge in [0.2, 0.25) is 0 Å². The predicted octanol–water partition coefficient (Wildman–Crippen LogP) is 3.45. The first-order valence-electron chi connectivity index (χ1n) is 13.5. The molecule has 8 unspecified atom stereocenters. The van der Waals surface area contributed by atoms with Crippen molar-refractivity contribution in [3.8, 4) is 0 Å². The fourth-order valence-corrected chi connectivity index (χ4v) is 6.61. The number of allylic oxidation sites excluding steroid dienone is 4. The van der Waals surface area contributed by atoms with Crippen LogP contribution in [-0.4, -0.2) is 68.8 Å². The standard InChI is InChI=1S/C30H42O8/c1-9-15(2)26(36-17(4)31)16(3)18-12-20(32)19-13-21-29(7,38-27(19)25(18)34)11-10-23-30(21,8)22(33)14-24(37-23)28(5,6)35/h9,12-13,16,22-26,33-35H,10-11,14H2,1-8H3/b15-9+. The van der Waals surface area contributed by atoms with E-state index in [-0.39, 0.29) is 29.6 Å². The highest BCUT2D eigenvalue weighted by Crippen LogP contribution is 2.57. The highest BCUT2D eigenvalue weighted by atomic mass is 16.5. The smallest absolute Gasteiger partial charge is 0.303 e. The van der Waals surface area contributed by atoms with Gasteiger partial charge >= 0.3 is 5.97 Å². The van der Waals surface area contributed by atoms with Crippen molar-refractivity contribution in [3.63, 3.8) is 0 Å². The van der Waals surface area contributed by atoms with Gasteiger partial charge in [-0.3, -0.25) is 9.59 Å². The summed E-state index contributed by atoms with van der Waals surface area (Å²) in [6.45, 7) is 14.0. The fourth-order valence-electron chi connectivity index (χ4n) is 6.61. The van der Waals surface area contributed by atoms with Crippen molar-refractivity contribution >= 4 is 11.8 Å². The maximum atomic E-state index is 13.5. The Kier molecular flexibility index (Phi) is 7.36. The molecular weight excluding hydrogens is 488 g/mol. The third kappa shape index (κ3) is 4.59. The van der Waals surface area contributed by atoms with Gasteiger partial charge in [0, 0.05) is 24.7 Å². The maximum Gasteiger partial charge on any atom is 0.303 e. The highest BCUT2D eigenvalue weighted by molar-refractivity contribution is 6.08. The number of hydrogen-bond acceptors (Lipinski definition) is 8. The molecule has 4 aliphatic rings. The molecule has 0 radical (unpaired) electrons. The molecule has 0 spiro atoms. The molecule has 8 heteroatoms. The van der Waals surface area contributed by atoms with Gasteiger partial charge in [-0.1, -0.05) is 19.9 Å². The first kappa shape index (κ1) is 28.7. The number of ether oxygens (including phenoxy) is 3. The Labute approximate surface area is 225 Å². The van der Waals surface area contributed by atoms with Gasteiger partial charge in [0.1, 0.15) is 23.6 Å². The second-order valence-corrected chi connectivity index (χ2v) is 12.3. The number of carbonyl (C=O) groups is 2. The number of aliphatic hydroxyl groups is 3. The van der Waals surface area contributed by atoms with E-state index in [0.717, 1.165) is 11.1 Å². The summed E-state index contributed by atoms with van der Waals surface area (Å²) in [5.74, 6) is -1.04. The molecule has 2 heterocycles. The van der Waals surface area contributed by atoms with Crippen LogP contribution in [0.2, 0.25) is 0 Å². The summed E-state index contributed by atoms with van der Waals surface area (Å²) in [5.41, 5.74) is -0.547. The Bertz CT molecular complexity index is 1140. The van der Waals surface area contributed by atoms with E-state index in [0.29, 0.717) is 18.4 Å². The van der Waals surface area contributed by atoms with Crippen molar-refractivity contribution in [2.75, 3.05) is 0 Å². The molecule has 0 bridgehead atoms. The summed E-state index contributed by atoms with van der Waals surface area (Å²) in [6, 6.07) is 0. The topological polar surface area (TPSA) is 123 Å². The first-order valence-corrected chi connectivity index (χ1v) is 13.5. The van der Waals surface area contributed by atoms with Crippen LogP contribution >= 0.6 is 0 Å². The molecule has 0 aromatic carbocycles. The van der Waals surface area contributed by atoms with Crippen molar-refractivity contribution in [2.24, 2.45) is 11.3 Å². The molecule has 210 valence electrons. The molecule has 2 aliphatic carbocycles. The monoisotopic (exact) mass is 530 g/mol. The van der Waals surface area contributed by atoms with Crippen molar-refractivity contribution in [1.29, 1.82) is 0 Å². The van der Waals surface area contributed by atoms with Gasteiger partial charge in [-0.05, 0) is 76.3 Å². The minimum atomic E-state index is -1.19. The Hall–Kier alpha value is -2.26. The number of hydrogen-bond donors (Lipinski definition) is 3. The molecule has 0 aromatic heterocycles. The van der Waals surface area contributed by atoms with Gasteiger partial charge in [0.15, 0.2) is 5.78 Å². The fraction of sp³-hybridized carbons (Fsp3) is 0.667. The molecule has 1 saturated heterocycles. The summed E-state index contributed by atoms with van der Waals surface area (Å²) >= 11 is 0. The zero-order valence-corrected chi connectivity index (χ0v) is 23.7. The van der Waals surface area contributed by atoms with Gasteiger partial charge in [-0.2, -0.15) is 0 Å². The minimum absolute atomic E-state index is 0.188. The van der Waals surface area contributed by atoms with Crippen LogP contribution in [0.4, 0.5) is 0 Å². The van der Waals surface area contributed by atoms with Gasteiger partial charge in [-0.25, -0.2) is 0 Å². The zero-order chi connectivity index (χ0) is 28.4. The van der Waals surface area contributed by atoms with Crippen LogP contribution in [0.15, 0.2) is 46.3 Å². The van der Waals surface area contributed by atoms with Crippen molar-refractivity contribution < 1.29 is 39.1 Å². The molecule has 38 heavy (non-hydrogen) atoms. The second-order valence-electron chi connectivity index (χ2n) is 12.3. The van der Waals surface area contributed by atoms with Gasteiger partial charge in [-0.15, -0.1) is 0 Å². The second kappa shape index (κ2) is 9.73. The van der Waals surface area contributed by atoms with Crippen LogP contribution in [0, 0.1) is 11.3 Å². The average Bonchev–Trinajstić information content (AvgIpc) is 2.83. The van der Waals surface area contributed by atoms with Crippen LogP contribution in [0.25, 0.3) is 0 Å². The summed E-state index contributed by atoms with van der Waals surface area (Å²) in [5, 5.41) is 33.4. The van der Waals surface area contributed by atoms with Crippen LogP contribution in [-0.2, 0) is 23.8 Å². The van der Waals surface area contributed by atoms with Gasteiger partial charge in [0.05, 0.1) is 29.5 Å². The minimum Gasteiger partial charge on any atom is -0.484 e. The molecular formula is C30H42O8. The van der Waals surface area contributed by atoms with E-state index < -0.39 is 52.9 Å². The Morgan fingerprint density at radius 3 is 2.47 bits per heavy atom. The number of esters is 1. The summed E-state index contributed by atoms with van der Waals surface area (Å²) in [6.07, 6.45) is 2.87. The number of ketones is 1. The first-order chi connectivity index (χ1) is 17.5. The zero-order valence-electron chi connectivity index (χ0n) is 23.7. The summed E-state index contributed by atoms with van der Waals surface area (Å²) in [4.78, 5) is 25.3. The van der Waals surface area contributed by atoms with Crippen LogP contribution < -0.4 is 0 Å². The lowest BCUT2D eigenvalue weighted by Crippen LogP contribution is -2.63. The molecule has 2 aliphatic heterocycles. The largest absolute Gasteiger partial charge is 0.484 e. The Balaban J connectivity index is 1.71. The number of aliphatic hydroxyl groups excluding tert-OH is 2. The van der Waals surface area contributed by atoms with Gasteiger partial charge in [0.25, 0.3) is 0 Å². The Morgan fingerprint density at radius 1 is 1.24 bits per heavy atom. The number of carbonyl (C=O) groups excluding carboxylic acids is 2. The van der Waals surface area contributed by atoms with Crippen LogP contribution in [0.3, 0.4) is 0 Å². The van der Waals surface area contributed by atoms with Crippen molar-refractivity contribution in [1.82, 2.24) is 0 Å². The maximum absolute atomic E-state index is 13.5. The van der Waals surface area contributed by atoms with E-state index in [4.69, 9.17) is 14.2 Å². The van der Waals surface area contributed by atoms with E-state index in [1.165, 1.54) is 13.0 Å². The van der Waals surface area contributed by atoms with E-state index in [9.17, 15) is 24.9 Å². The quantitative estimate of drug-likeness (QED) is 0.365. The van der Waals surface area contributed by atoms with Gasteiger partial charge < -0.3 is 29.5 Å². The lowest BCUT2D eigenvalue weighted by molar-refractivity contribution is -0.231. The Morgan fingerprint density at radius 2 is 1.89 bits per heavy atom. The molecule has 4 rings (SSSR count). The van der Waals surface area contributed by atoms with E-state index in [1.54, 1.807) is 19.9 Å². The number of fused-ring (bicyclic) bond motifs is 3. The average molecular weight is 531 g/mol.